The van der Waals surface area contributed by atoms with Gasteiger partial charge in [-0.15, -0.1) is 0 Å². The van der Waals surface area contributed by atoms with Crippen LogP contribution < -0.4 is 4.74 Å². The predicted octanol–water partition coefficient (Wildman–Crippen LogP) is 3.54. The third-order valence-corrected chi connectivity index (χ3v) is 5.40. The smallest absolute Gasteiger partial charge is 0.310 e. The SMILES string of the molecule is Cc1ccc([N+](=O)[O-])c(OCC(=O)N2CC(C)N(Cc3ccc(F)cc3)CC2C)c1. The normalized spacial score (nSPS) is 19.5. The van der Waals surface area contributed by atoms with E-state index in [0.29, 0.717) is 19.6 Å². The molecule has 1 amide bonds. The Morgan fingerprint density at radius 2 is 1.87 bits per heavy atom. The second-order valence-electron chi connectivity index (χ2n) is 7.82. The molecule has 1 saturated heterocycles. The van der Waals surface area contributed by atoms with Crippen LogP contribution in [0, 0.1) is 22.9 Å². The molecule has 0 bridgehead atoms. The summed E-state index contributed by atoms with van der Waals surface area (Å²) >= 11 is 0. The summed E-state index contributed by atoms with van der Waals surface area (Å²) in [5.74, 6) is -0.361. The molecule has 0 radical (unpaired) electrons. The molecule has 7 nitrogen and oxygen atoms in total. The molecule has 0 spiro atoms. The summed E-state index contributed by atoms with van der Waals surface area (Å²) in [5.41, 5.74) is 1.68. The molecule has 2 aromatic carbocycles. The van der Waals surface area contributed by atoms with Crippen LogP contribution in [0.15, 0.2) is 42.5 Å². The minimum Gasteiger partial charge on any atom is -0.477 e. The molecule has 30 heavy (non-hydrogen) atoms. The Bertz CT molecular complexity index is 919. The Morgan fingerprint density at radius 3 is 2.53 bits per heavy atom. The minimum absolute atomic E-state index is 0.0368. The molecule has 160 valence electrons. The molecular formula is C22H26FN3O4. The van der Waals surface area contributed by atoms with Gasteiger partial charge in [0.15, 0.2) is 12.4 Å². The first-order valence-electron chi connectivity index (χ1n) is 9.90. The first-order valence-corrected chi connectivity index (χ1v) is 9.90. The summed E-state index contributed by atoms with van der Waals surface area (Å²) in [4.78, 5) is 27.4. The number of benzene rings is 2. The largest absolute Gasteiger partial charge is 0.477 e. The molecule has 1 fully saturated rings. The average Bonchev–Trinajstić information content (AvgIpc) is 2.70. The van der Waals surface area contributed by atoms with Crippen LogP contribution >= 0.6 is 0 Å². The van der Waals surface area contributed by atoms with Crippen molar-refractivity contribution in [2.45, 2.75) is 39.4 Å². The van der Waals surface area contributed by atoms with Gasteiger partial charge in [-0.25, -0.2) is 4.39 Å². The molecule has 3 rings (SSSR count). The summed E-state index contributed by atoms with van der Waals surface area (Å²) in [6.45, 7) is 7.45. The van der Waals surface area contributed by atoms with Crippen molar-refractivity contribution in [3.63, 3.8) is 0 Å². The summed E-state index contributed by atoms with van der Waals surface area (Å²) < 4.78 is 18.7. The number of halogens is 1. The maximum absolute atomic E-state index is 13.1. The average molecular weight is 415 g/mol. The maximum Gasteiger partial charge on any atom is 0.310 e. The van der Waals surface area contributed by atoms with Gasteiger partial charge in [-0.1, -0.05) is 18.2 Å². The van der Waals surface area contributed by atoms with Crippen molar-refractivity contribution in [2.24, 2.45) is 0 Å². The first kappa shape index (κ1) is 21.7. The second kappa shape index (κ2) is 9.21. The standard InChI is InChI=1S/C22H26FN3O4/c1-15-4-9-20(26(28)29)21(10-15)30-14-22(27)25-12-16(2)24(11-17(25)3)13-18-5-7-19(23)8-6-18/h4-10,16-17H,11-14H2,1-3H3. The van der Waals surface area contributed by atoms with Gasteiger partial charge in [0.05, 0.1) is 4.92 Å². The van der Waals surface area contributed by atoms with E-state index in [1.165, 1.54) is 18.2 Å². The predicted molar refractivity (Wildman–Crippen MR) is 111 cm³/mol. The number of hydrogen-bond donors (Lipinski definition) is 0. The zero-order valence-electron chi connectivity index (χ0n) is 17.4. The van der Waals surface area contributed by atoms with Crippen LogP contribution in [-0.4, -0.2) is 52.4 Å². The van der Waals surface area contributed by atoms with Gasteiger partial charge in [-0.05, 0) is 50.1 Å². The molecule has 0 aliphatic carbocycles. The highest BCUT2D eigenvalue weighted by molar-refractivity contribution is 5.78. The molecule has 2 unspecified atom stereocenters. The molecule has 2 atom stereocenters. The number of carbonyl (C=O) groups excluding carboxylic acids is 1. The molecule has 1 aliphatic heterocycles. The topological polar surface area (TPSA) is 75.9 Å². The van der Waals surface area contributed by atoms with Crippen LogP contribution in [0.3, 0.4) is 0 Å². The van der Waals surface area contributed by atoms with E-state index < -0.39 is 4.92 Å². The Labute approximate surface area is 175 Å². The van der Waals surface area contributed by atoms with E-state index in [0.717, 1.165) is 11.1 Å². The summed E-state index contributed by atoms with van der Waals surface area (Å²) in [6.07, 6.45) is 0. The second-order valence-corrected chi connectivity index (χ2v) is 7.82. The number of rotatable bonds is 6. The van der Waals surface area contributed by atoms with E-state index in [1.54, 1.807) is 29.2 Å². The van der Waals surface area contributed by atoms with Gasteiger partial charge in [0.2, 0.25) is 0 Å². The van der Waals surface area contributed by atoms with Gasteiger partial charge in [-0.2, -0.15) is 0 Å². The number of nitrogens with zero attached hydrogens (tertiary/aromatic N) is 3. The zero-order valence-corrected chi connectivity index (χ0v) is 17.4. The molecule has 8 heteroatoms. The molecular weight excluding hydrogens is 389 g/mol. The quantitative estimate of drug-likeness (QED) is 0.533. The summed E-state index contributed by atoms with van der Waals surface area (Å²) in [5, 5.41) is 11.2. The number of nitro groups is 1. The molecule has 1 heterocycles. The van der Waals surface area contributed by atoms with E-state index in [2.05, 4.69) is 4.90 Å². The van der Waals surface area contributed by atoms with Gasteiger partial charge in [0.25, 0.3) is 5.91 Å². The van der Waals surface area contributed by atoms with Crippen LogP contribution in [-0.2, 0) is 11.3 Å². The first-order chi connectivity index (χ1) is 14.2. The monoisotopic (exact) mass is 415 g/mol. The van der Waals surface area contributed by atoms with Crippen LogP contribution in [0.25, 0.3) is 0 Å². The van der Waals surface area contributed by atoms with Crippen molar-refractivity contribution in [3.05, 3.63) is 69.5 Å². The van der Waals surface area contributed by atoms with Crippen molar-refractivity contribution in [3.8, 4) is 5.75 Å². The Hall–Kier alpha value is -3.00. The van der Waals surface area contributed by atoms with Crippen molar-refractivity contribution in [1.29, 1.82) is 0 Å². The Morgan fingerprint density at radius 1 is 1.17 bits per heavy atom. The summed E-state index contributed by atoms with van der Waals surface area (Å²) in [6, 6.07) is 11.1. The van der Waals surface area contributed by atoms with Gasteiger partial charge in [0, 0.05) is 37.8 Å². The molecule has 1 aliphatic rings. The van der Waals surface area contributed by atoms with Crippen molar-refractivity contribution in [1.82, 2.24) is 9.80 Å². The third-order valence-electron chi connectivity index (χ3n) is 5.40. The van der Waals surface area contributed by atoms with Gasteiger partial charge >= 0.3 is 5.69 Å². The zero-order chi connectivity index (χ0) is 21.8. The Balaban J connectivity index is 1.61. The van der Waals surface area contributed by atoms with Crippen molar-refractivity contribution in [2.75, 3.05) is 19.7 Å². The summed E-state index contributed by atoms with van der Waals surface area (Å²) in [7, 11) is 0. The highest BCUT2D eigenvalue weighted by atomic mass is 19.1. The van der Waals surface area contributed by atoms with Crippen molar-refractivity contribution >= 4 is 11.6 Å². The van der Waals surface area contributed by atoms with E-state index in [-0.39, 0.29) is 41.9 Å². The van der Waals surface area contributed by atoms with Gasteiger partial charge in [-0.3, -0.25) is 19.8 Å². The maximum atomic E-state index is 13.1. The molecule has 0 aromatic heterocycles. The van der Waals surface area contributed by atoms with Crippen LogP contribution in [0.2, 0.25) is 0 Å². The van der Waals surface area contributed by atoms with Crippen LogP contribution in [0.5, 0.6) is 5.75 Å². The molecule has 0 saturated carbocycles. The van der Waals surface area contributed by atoms with E-state index in [9.17, 15) is 19.3 Å². The van der Waals surface area contributed by atoms with E-state index in [1.807, 2.05) is 20.8 Å². The van der Waals surface area contributed by atoms with E-state index >= 15 is 0 Å². The lowest BCUT2D eigenvalue weighted by atomic mass is 10.1. The van der Waals surface area contributed by atoms with Crippen molar-refractivity contribution < 1.29 is 18.8 Å². The molecule has 0 N–H and O–H groups in total. The number of amides is 1. The number of hydrogen-bond acceptors (Lipinski definition) is 5. The molecule has 2 aromatic rings. The van der Waals surface area contributed by atoms with Crippen LogP contribution in [0.4, 0.5) is 10.1 Å². The van der Waals surface area contributed by atoms with Gasteiger partial charge < -0.3 is 9.64 Å². The lowest BCUT2D eigenvalue weighted by Crippen LogP contribution is -2.58. The highest BCUT2D eigenvalue weighted by Gasteiger charge is 2.32. The fraction of sp³-hybridized carbons (Fsp3) is 0.409. The lowest BCUT2D eigenvalue weighted by molar-refractivity contribution is -0.385. The number of nitro benzene ring substituents is 1. The highest BCUT2D eigenvalue weighted by Crippen LogP contribution is 2.28. The van der Waals surface area contributed by atoms with E-state index in [4.69, 9.17) is 4.74 Å². The number of piperazine rings is 1. The fourth-order valence-electron chi connectivity index (χ4n) is 3.70. The number of aryl methyl sites for hydroxylation is 1. The fourth-order valence-corrected chi connectivity index (χ4v) is 3.70. The van der Waals surface area contributed by atoms with Gasteiger partial charge in [0.1, 0.15) is 5.82 Å². The third kappa shape index (κ3) is 5.13. The minimum atomic E-state index is -0.516. The van der Waals surface area contributed by atoms with Crippen LogP contribution in [0.1, 0.15) is 25.0 Å². The Kier molecular flexibility index (Phi) is 6.66. The lowest BCUT2D eigenvalue weighted by Gasteiger charge is -2.44. The number of carbonyl (C=O) groups is 1. The number of ether oxygens (including phenoxy) is 1.